The average molecular weight is 275 g/mol. The van der Waals surface area contributed by atoms with Crippen LogP contribution in [0.3, 0.4) is 0 Å². The lowest BCUT2D eigenvalue weighted by atomic mass is 10.2. The highest BCUT2D eigenvalue weighted by Crippen LogP contribution is 2.14. The van der Waals surface area contributed by atoms with Crippen LogP contribution in [0, 0.1) is 0 Å². The van der Waals surface area contributed by atoms with E-state index in [2.05, 4.69) is 5.32 Å². The first-order valence-electron chi connectivity index (χ1n) is 6.55. The van der Waals surface area contributed by atoms with Crippen molar-refractivity contribution in [1.82, 2.24) is 4.90 Å². The fourth-order valence-electron chi connectivity index (χ4n) is 2.05. The molecule has 2 rings (SSSR count). The van der Waals surface area contributed by atoms with Gasteiger partial charge in [0.2, 0.25) is 17.7 Å². The van der Waals surface area contributed by atoms with E-state index in [1.807, 2.05) is 0 Å². The van der Waals surface area contributed by atoms with Gasteiger partial charge in [0.15, 0.2) is 0 Å². The number of amides is 3. The zero-order valence-corrected chi connectivity index (χ0v) is 11.1. The molecule has 0 aromatic heterocycles. The number of likely N-dealkylation sites (tertiary alicyclic amines) is 1. The fourth-order valence-corrected chi connectivity index (χ4v) is 2.05. The molecule has 6 nitrogen and oxygen atoms in total. The highest BCUT2D eigenvalue weighted by atomic mass is 16.2. The molecule has 0 atom stereocenters. The van der Waals surface area contributed by atoms with E-state index in [1.54, 1.807) is 24.3 Å². The highest BCUT2D eigenvalue weighted by molar-refractivity contribution is 6.02. The Labute approximate surface area is 116 Å². The van der Waals surface area contributed by atoms with Gasteiger partial charge in [-0.1, -0.05) is 0 Å². The zero-order valence-electron chi connectivity index (χ0n) is 11.1. The molecule has 0 unspecified atom stereocenters. The molecule has 106 valence electrons. The molecule has 1 heterocycles. The molecule has 1 aromatic carbocycles. The summed E-state index contributed by atoms with van der Waals surface area (Å²) in [5, 5.41) is 2.64. The third-order valence-electron chi connectivity index (χ3n) is 3.13. The number of carbonyl (C=O) groups is 3. The van der Waals surface area contributed by atoms with Gasteiger partial charge >= 0.3 is 0 Å². The molecule has 0 bridgehead atoms. The molecular weight excluding hydrogens is 258 g/mol. The average Bonchev–Trinajstić information content (AvgIpc) is 2.57. The Morgan fingerprint density at radius 1 is 1.10 bits per heavy atom. The summed E-state index contributed by atoms with van der Waals surface area (Å²) in [7, 11) is 0. The van der Waals surface area contributed by atoms with Crippen LogP contribution in [0.4, 0.5) is 11.4 Å². The summed E-state index contributed by atoms with van der Waals surface area (Å²) in [4.78, 5) is 36.5. The van der Waals surface area contributed by atoms with Gasteiger partial charge in [0, 0.05) is 24.2 Å². The van der Waals surface area contributed by atoms with Gasteiger partial charge in [-0.3, -0.25) is 19.3 Å². The van der Waals surface area contributed by atoms with Gasteiger partial charge in [-0.2, -0.15) is 0 Å². The SMILES string of the molecule is Nc1ccc(NC(=O)CN2C(=O)CCCCC2=O)cc1. The number of hydrogen-bond donors (Lipinski definition) is 2. The largest absolute Gasteiger partial charge is 0.399 e. The second-order valence-corrected chi connectivity index (χ2v) is 4.75. The third kappa shape index (κ3) is 3.57. The van der Waals surface area contributed by atoms with Crippen LogP contribution in [0.2, 0.25) is 0 Å². The van der Waals surface area contributed by atoms with Crippen LogP contribution in [-0.2, 0) is 14.4 Å². The van der Waals surface area contributed by atoms with Crippen LogP contribution < -0.4 is 11.1 Å². The Morgan fingerprint density at radius 2 is 1.65 bits per heavy atom. The smallest absolute Gasteiger partial charge is 0.244 e. The predicted octanol–water partition coefficient (Wildman–Crippen LogP) is 1.14. The Balaban J connectivity index is 1.97. The molecule has 6 heteroatoms. The summed E-state index contributed by atoms with van der Waals surface area (Å²) in [6, 6.07) is 6.66. The maximum atomic E-state index is 11.9. The van der Waals surface area contributed by atoms with Gasteiger partial charge in [0.1, 0.15) is 6.54 Å². The minimum atomic E-state index is -0.390. The van der Waals surface area contributed by atoms with Gasteiger partial charge in [-0.25, -0.2) is 0 Å². The zero-order chi connectivity index (χ0) is 14.5. The Kier molecular flexibility index (Phi) is 4.34. The minimum absolute atomic E-state index is 0.234. The molecule has 1 saturated heterocycles. The van der Waals surface area contributed by atoms with E-state index in [0.29, 0.717) is 37.1 Å². The van der Waals surface area contributed by atoms with Crippen LogP contribution >= 0.6 is 0 Å². The van der Waals surface area contributed by atoms with Gasteiger partial charge in [-0.15, -0.1) is 0 Å². The number of nitrogens with two attached hydrogens (primary N) is 1. The van der Waals surface area contributed by atoms with Crippen molar-refractivity contribution in [1.29, 1.82) is 0 Å². The van der Waals surface area contributed by atoms with Crippen LogP contribution in [0.1, 0.15) is 25.7 Å². The molecular formula is C14H17N3O3. The number of nitrogens with zero attached hydrogens (tertiary/aromatic N) is 1. The van der Waals surface area contributed by atoms with Crippen molar-refractivity contribution >= 4 is 29.1 Å². The Hall–Kier alpha value is -2.37. The maximum Gasteiger partial charge on any atom is 0.244 e. The van der Waals surface area contributed by atoms with Crippen molar-refractivity contribution in [3.63, 3.8) is 0 Å². The maximum absolute atomic E-state index is 11.9. The van der Waals surface area contributed by atoms with E-state index in [-0.39, 0.29) is 18.4 Å². The highest BCUT2D eigenvalue weighted by Gasteiger charge is 2.25. The second-order valence-electron chi connectivity index (χ2n) is 4.75. The summed E-state index contributed by atoms with van der Waals surface area (Å²) < 4.78 is 0. The minimum Gasteiger partial charge on any atom is -0.399 e. The number of carbonyl (C=O) groups excluding carboxylic acids is 3. The Morgan fingerprint density at radius 3 is 2.20 bits per heavy atom. The van der Waals surface area contributed by atoms with Gasteiger partial charge in [0.05, 0.1) is 0 Å². The number of anilines is 2. The van der Waals surface area contributed by atoms with E-state index in [9.17, 15) is 14.4 Å². The summed E-state index contributed by atoms with van der Waals surface area (Å²) in [5.41, 5.74) is 6.73. The van der Waals surface area contributed by atoms with E-state index < -0.39 is 5.91 Å². The molecule has 0 spiro atoms. The topological polar surface area (TPSA) is 92.5 Å². The lowest BCUT2D eigenvalue weighted by Gasteiger charge is -2.18. The predicted molar refractivity (Wildman–Crippen MR) is 74.7 cm³/mol. The molecule has 3 N–H and O–H groups in total. The van der Waals surface area contributed by atoms with Crippen LogP contribution in [0.5, 0.6) is 0 Å². The van der Waals surface area contributed by atoms with Gasteiger partial charge in [-0.05, 0) is 37.1 Å². The number of nitrogen functional groups attached to an aromatic ring is 1. The molecule has 0 saturated carbocycles. The Bertz CT molecular complexity index is 507. The number of rotatable bonds is 3. The first-order valence-corrected chi connectivity index (χ1v) is 6.55. The second kappa shape index (κ2) is 6.18. The van der Waals surface area contributed by atoms with E-state index in [1.165, 1.54) is 0 Å². The van der Waals surface area contributed by atoms with Crippen molar-refractivity contribution in [2.45, 2.75) is 25.7 Å². The van der Waals surface area contributed by atoms with Crippen molar-refractivity contribution in [2.75, 3.05) is 17.6 Å². The van der Waals surface area contributed by atoms with E-state index in [4.69, 9.17) is 5.73 Å². The van der Waals surface area contributed by atoms with Crippen molar-refractivity contribution in [2.24, 2.45) is 0 Å². The molecule has 1 fully saturated rings. The van der Waals surface area contributed by atoms with Crippen molar-refractivity contribution in [3.8, 4) is 0 Å². The summed E-state index contributed by atoms with van der Waals surface area (Å²) in [5.74, 6) is -0.946. The molecule has 0 aliphatic carbocycles. The summed E-state index contributed by atoms with van der Waals surface area (Å²) in [6.45, 7) is -0.234. The van der Waals surface area contributed by atoms with Crippen LogP contribution in [0.15, 0.2) is 24.3 Å². The van der Waals surface area contributed by atoms with Crippen molar-refractivity contribution < 1.29 is 14.4 Å². The summed E-state index contributed by atoms with van der Waals surface area (Å²) in [6.07, 6.45) is 2.03. The van der Waals surface area contributed by atoms with Crippen molar-refractivity contribution in [3.05, 3.63) is 24.3 Å². The normalized spacial score (nSPS) is 15.9. The molecule has 1 aliphatic rings. The number of nitrogens with one attached hydrogen (secondary N) is 1. The van der Waals surface area contributed by atoms with Crippen LogP contribution in [-0.4, -0.2) is 29.2 Å². The third-order valence-corrected chi connectivity index (χ3v) is 3.13. The molecule has 0 radical (unpaired) electrons. The number of hydrogen-bond acceptors (Lipinski definition) is 4. The monoisotopic (exact) mass is 275 g/mol. The fraction of sp³-hybridized carbons (Fsp3) is 0.357. The van der Waals surface area contributed by atoms with Gasteiger partial charge < -0.3 is 11.1 Å². The quantitative estimate of drug-likeness (QED) is 0.639. The van der Waals surface area contributed by atoms with E-state index >= 15 is 0 Å². The number of benzene rings is 1. The molecule has 1 aromatic rings. The molecule has 1 aliphatic heterocycles. The number of imide groups is 1. The first kappa shape index (κ1) is 14.0. The standard InChI is InChI=1S/C14H17N3O3/c15-10-5-7-11(8-6-10)16-12(18)9-17-13(19)3-1-2-4-14(17)20/h5-8H,1-4,9,15H2,(H,16,18). The molecule has 20 heavy (non-hydrogen) atoms. The first-order chi connectivity index (χ1) is 9.56. The molecule has 3 amide bonds. The van der Waals surface area contributed by atoms with E-state index in [0.717, 1.165) is 4.90 Å². The lowest BCUT2D eigenvalue weighted by molar-refractivity contribution is -0.146. The summed E-state index contributed by atoms with van der Waals surface area (Å²) >= 11 is 0. The van der Waals surface area contributed by atoms with Gasteiger partial charge in [0.25, 0.3) is 0 Å². The van der Waals surface area contributed by atoms with Crippen LogP contribution in [0.25, 0.3) is 0 Å². The lowest BCUT2D eigenvalue weighted by Crippen LogP contribution is -2.41.